The SMILES string of the molecule is C=CC(=C1/OCC/C1=C(/C)NCc1cccc(C(=O)NC2CC3(CCN(CCOC)CC3)C2)c1)/C(C)=C/C=N\C(=C)N.CCC.CCC. The summed E-state index contributed by atoms with van der Waals surface area (Å²) in [6, 6.07) is 8.15. The summed E-state index contributed by atoms with van der Waals surface area (Å²) in [6.45, 7) is 25.4. The summed E-state index contributed by atoms with van der Waals surface area (Å²) >= 11 is 0. The van der Waals surface area contributed by atoms with E-state index in [4.69, 9.17) is 15.2 Å². The molecule has 3 fully saturated rings. The zero-order chi connectivity index (χ0) is 35.5. The number of rotatable bonds is 12. The van der Waals surface area contributed by atoms with E-state index < -0.39 is 0 Å². The lowest BCUT2D eigenvalue weighted by molar-refractivity contribution is 0.00112. The van der Waals surface area contributed by atoms with Gasteiger partial charge < -0.3 is 30.7 Å². The smallest absolute Gasteiger partial charge is 0.251 e. The van der Waals surface area contributed by atoms with E-state index in [1.165, 1.54) is 25.7 Å². The van der Waals surface area contributed by atoms with E-state index in [1.54, 1.807) is 13.3 Å². The standard InChI is InChI=1S/C34H47N5O3.2C3H8/c1-6-30(24(2)10-14-36-26(4)35)32-31(11-18-42-32)25(3)37-23-27-8-7-9-28(20-27)33(40)38-29-21-34(22-29)12-15-39(16-13-34)17-19-41-5;2*1-3-2/h6-10,14,20,29,37H,1,4,11-13,15-19,21-23,35H2,2-3,5H3,(H,38,40);2*3H2,1-2H3/b24-10+,31-25+,32-30-,36-14-;;. The highest BCUT2D eigenvalue weighted by Gasteiger charge is 2.46. The van der Waals surface area contributed by atoms with Gasteiger partial charge in [0.15, 0.2) is 0 Å². The number of methoxy groups -OCH3 is 1. The molecular formula is C40H63N5O3. The number of ether oxygens (including phenoxy) is 2. The van der Waals surface area contributed by atoms with Gasteiger partial charge in [-0.2, -0.15) is 0 Å². The molecule has 0 bridgehead atoms. The molecule has 266 valence electrons. The predicted molar refractivity (Wildman–Crippen MR) is 202 cm³/mol. The van der Waals surface area contributed by atoms with E-state index in [0.717, 1.165) is 79.2 Å². The highest BCUT2D eigenvalue weighted by atomic mass is 16.5. The number of carbonyl (C=O) groups excluding carboxylic acids is 1. The molecule has 8 nitrogen and oxygen atoms in total. The van der Waals surface area contributed by atoms with Gasteiger partial charge in [-0.1, -0.05) is 71.9 Å². The second-order valence-corrected chi connectivity index (χ2v) is 13.1. The fraction of sp³-hybridized carbons (Fsp3) is 0.550. The summed E-state index contributed by atoms with van der Waals surface area (Å²) in [5.41, 5.74) is 11.8. The third-order valence-electron chi connectivity index (χ3n) is 8.73. The largest absolute Gasteiger partial charge is 0.492 e. The van der Waals surface area contributed by atoms with Gasteiger partial charge in [-0.25, -0.2) is 4.99 Å². The van der Waals surface area contributed by atoms with Gasteiger partial charge in [-0.3, -0.25) is 4.79 Å². The average Bonchev–Trinajstić information content (AvgIpc) is 3.53. The fourth-order valence-electron chi connectivity index (χ4n) is 6.22. The molecule has 8 heteroatoms. The minimum Gasteiger partial charge on any atom is -0.492 e. The monoisotopic (exact) mass is 661 g/mol. The Balaban J connectivity index is 0.00000124. The quantitative estimate of drug-likeness (QED) is 0.198. The topological polar surface area (TPSA) is 101 Å². The second-order valence-electron chi connectivity index (χ2n) is 13.1. The van der Waals surface area contributed by atoms with E-state index in [0.29, 0.717) is 24.1 Å². The fourth-order valence-corrected chi connectivity index (χ4v) is 6.22. The first-order valence-electron chi connectivity index (χ1n) is 17.8. The normalized spacial score (nSPS) is 19.6. The van der Waals surface area contributed by atoms with Gasteiger partial charge in [0.1, 0.15) is 11.6 Å². The third kappa shape index (κ3) is 12.8. The molecule has 2 saturated heterocycles. The number of nitrogens with two attached hydrogens (primary N) is 1. The van der Waals surface area contributed by atoms with Crippen molar-refractivity contribution in [2.45, 2.75) is 99.1 Å². The molecule has 1 aromatic rings. The highest BCUT2D eigenvalue weighted by Crippen LogP contribution is 2.49. The van der Waals surface area contributed by atoms with E-state index in [9.17, 15) is 4.79 Å². The number of hydrogen-bond acceptors (Lipinski definition) is 7. The summed E-state index contributed by atoms with van der Waals surface area (Å²) < 4.78 is 11.3. The van der Waals surface area contributed by atoms with Crippen molar-refractivity contribution >= 4 is 12.1 Å². The Labute approximate surface area is 291 Å². The molecule has 1 spiro atoms. The van der Waals surface area contributed by atoms with Crippen LogP contribution in [0.3, 0.4) is 0 Å². The number of benzene rings is 1. The molecule has 0 aromatic heterocycles. The molecule has 1 aliphatic carbocycles. The zero-order valence-electron chi connectivity index (χ0n) is 30.9. The van der Waals surface area contributed by atoms with Crippen molar-refractivity contribution in [3.63, 3.8) is 0 Å². The highest BCUT2D eigenvalue weighted by molar-refractivity contribution is 5.94. The third-order valence-corrected chi connectivity index (χ3v) is 8.73. The molecule has 1 aromatic carbocycles. The van der Waals surface area contributed by atoms with Gasteiger partial charge in [-0.05, 0) is 87.4 Å². The van der Waals surface area contributed by atoms with Crippen LogP contribution in [-0.2, 0) is 16.0 Å². The van der Waals surface area contributed by atoms with Crippen molar-refractivity contribution in [2.24, 2.45) is 16.1 Å². The van der Waals surface area contributed by atoms with Crippen LogP contribution in [0.4, 0.5) is 0 Å². The summed E-state index contributed by atoms with van der Waals surface area (Å²) in [6.07, 6.45) is 13.2. The maximum absolute atomic E-state index is 13.1. The van der Waals surface area contributed by atoms with Gasteiger partial charge in [0.25, 0.3) is 5.91 Å². The minimum absolute atomic E-state index is 0.0124. The number of carbonyl (C=O) groups is 1. The van der Waals surface area contributed by atoms with Gasteiger partial charge in [0.05, 0.1) is 13.2 Å². The van der Waals surface area contributed by atoms with Crippen LogP contribution in [0.5, 0.6) is 0 Å². The molecule has 1 saturated carbocycles. The number of likely N-dealkylation sites (tertiary alicyclic amines) is 1. The van der Waals surface area contributed by atoms with E-state index in [-0.39, 0.29) is 17.8 Å². The van der Waals surface area contributed by atoms with Crippen LogP contribution >= 0.6 is 0 Å². The van der Waals surface area contributed by atoms with Crippen molar-refractivity contribution in [1.82, 2.24) is 15.5 Å². The van der Waals surface area contributed by atoms with E-state index >= 15 is 0 Å². The van der Waals surface area contributed by atoms with Crippen molar-refractivity contribution < 1.29 is 14.3 Å². The van der Waals surface area contributed by atoms with E-state index in [2.05, 4.69) is 68.3 Å². The Morgan fingerprint density at radius 2 is 1.83 bits per heavy atom. The van der Waals surface area contributed by atoms with Gasteiger partial charge >= 0.3 is 0 Å². The Morgan fingerprint density at radius 3 is 2.44 bits per heavy atom. The molecule has 0 atom stereocenters. The van der Waals surface area contributed by atoms with Crippen molar-refractivity contribution in [2.75, 3.05) is 40.0 Å². The molecule has 48 heavy (non-hydrogen) atoms. The number of hydrogen-bond donors (Lipinski definition) is 3. The summed E-state index contributed by atoms with van der Waals surface area (Å²) in [7, 11) is 1.76. The number of piperidine rings is 1. The number of amides is 1. The zero-order valence-corrected chi connectivity index (χ0v) is 30.9. The minimum atomic E-state index is 0.0124. The average molecular weight is 662 g/mol. The molecule has 2 aliphatic heterocycles. The lowest BCUT2D eigenvalue weighted by Crippen LogP contribution is -2.55. The summed E-state index contributed by atoms with van der Waals surface area (Å²) in [5, 5.41) is 6.83. The first-order valence-corrected chi connectivity index (χ1v) is 17.8. The van der Waals surface area contributed by atoms with Crippen LogP contribution in [-0.4, -0.2) is 63.0 Å². The van der Waals surface area contributed by atoms with Crippen molar-refractivity contribution in [3.8, 4) is 0 Å². The Bertz CT molecular complexity index is 1310. The first kappa shape index (κ1) is 40.6. The maximum atomic E-state index is 13.1. The Kier molecular flexibility index (Phi) is 18.1. The van der Waals surface area contributed by atoms with Crippen molar-refractivity contribution in [1.29, 1.82) is 0 Å². The van der Waals surface area contributed by atoms with Gasteiger partial charge in [-0.15, -0.1) is 0 Å². The molecule has 4 N–H and O–H groups in total. The van der Waals surface area contributed by atoms with Gasteiger partial charge in [0, 0.05) is 61.3 Å². The number of nitrogens with zero attached hydrogens (tertiary/aromatic N) is 2. The Hall–Kier alpha value is -3.62. The molecule has 4 rings (SSSR count). The Morgan fingerprint density at radius 1 is 1.17 bits per heavy atom. The predicted octanol–water partition coefficient (Wildman–Crippen LogP) is 7.81. The number of nitrogens with one attached hydrogen (secondary N) is 2. The van der Waals surface area contributed by atoms with Crippen LogP contribution < -0.4 is 16.4 Å². The summed E-state index contributed by atoms with van der Waals surface area (Å²) in [5.74, 6) is 1.10. The molecule has 1 amide bonds. The van der Waals surface area contributed by atoms with Crippen LogP contribution in [0.25, 0.3) is 0 Å². The van der Waals surface area contributed by atoms with Crippen LogP contribution in [0, 0.1) is 5.41 Å². The lowest BCUT2D eigenvalue weighted by Gasteiger charge is -2.52. The van der Waals surface area contributed by atoms with Crippen molar-refractivity contribution in [3.05, 3.63) is 94.7 Å². The van der Waals surface area contributed by atoms with Gasteiger partial charge in [0.2, 0.25) is 0 Å². The lowest BCUT2D eigenvalue weighted by atomic mass is 9.60. The summed E-state index contributed by atoms with van der Waals surface area (Å²) in [4.78, 5) is 19.6. The van der Waals surface area contributed by atoms with Crippen LogP contribution in [0.15, 0.2) is 88.6 Å². The molecule has 3 aliphatic rings. The number of aliphatic imine (C=N–C) groups is 1. The van der Waals surface area contributed by atoms with Crippen LogP contribution in [0.1, 0.15) is 102 Å². The maximum Gasteiger partial charge on any atom is 0.251 e. The molecular weight excluding hydrogens is 598 g/mol. The molecule has 0 radical (unpaired) electrons. The molecule has 0 unspecified atom stereocenters. The number of allylic oxidation sites excluding steroid dienone is 6. The van der Waals surface area contributed by atoms with Crippen LogP contribution in [0.2, 0.25) is 0 Å². The second kappa shape index (κ2) is 21.4. The van der Waals surface area contributed by atoms with E-state index in [1.807, 2.05) is 43.3 Å². The first-order chi connectivity index (χ1) is 23.1. The molecule has 2 heterocycles.